The Balaban J connectivity index is 2.71. The number of nitrogens with one attached hydrogen (secondary N) is 2. The number of hydrogen-bond acceptors (Lipinski definition) is 3. The lowest BCUT2D eigenvalue weighted by atomic mass is 10.6. The summed E-state index contributed by atoms with van der Waals surface area (Å²) in [6.07, 6.45) is 3.28. The van der Waals surface area contributed by atoms with E-state index in [1.165, 1.54) is 4.57 Å². The molecule has 0 saturated carbocycles. The summed E-state index contributed by atoms with van der Waals surface area (Å²) in [5.41, 5.74) is 0.355. The molecular formula is C6H7N5OS. The van der Waals surface area contributed by atoms with Gasteiger partial charge in [0.05, 0.1) is 11.9 Å². The molecule has 13 heavy (non-hydrogen) atoms. The lowest BCUT2D eigenvalue weighted by Gasteiger charge is -1.91. The van der Waals surface area contributed by atoms with Crippen molar-refractivity contribution in [2.75, 3.05) is 0 Å². The second kappa shape index (κ2) is 2.70. The summed E-state index contributed by atoms with van der Waals surface area (Å²) in [6.45, 7) is 0. The molecule has 0 unspecified atom stereocenters. The number of aromatic nitrogens is 5. The van der Waals surface area contributed by atoms with Gasteiger partial charge in [-0.1, -0.05) is 0 Å². The molecule has 0 atom stereocenters. The van der Waals surface area contributed by atoms with Gasteiger partial charge >= 0.3 is 5.69 Å². The average Bonchev–Trinajstić information content (AvgIpc) is 2.60. The van der Waals surface area contributed by atoms with Gasteiger partial charge in [-0.15, -0.1) is 0 Å². The summed E-state index contributed by atoms with van der Waals surface area (Å²) in [6, 6.07) is 0. The van der Waals surface area contributed by atoms with Gasteiger partial charge in [0.15, 0.2) is 0 Å². The minimum absolute atomic E-state index is 0.294. The van der Waals surface area contributed by atoms with Crippen molar-refractivity contribution in [3.05, 3.63) is 27.6 Å². The standard InChI is InChI=1S/C6H7N5OS/c1-10-3-4(2-7-10)11-5(12)8-9-6(11)13/h2-3H,1H3,(H,8,12)(H,9,13). The lowest BCUT2D eigenvalue weighted by molar-refractivity contribution is 0.767. The SMILES string of the molecule is Cn1cc(-n2c(=O)[nH][nH]c2=S)cn1. The Hall–Kier alpha value is -1.63. The first-order chi connectivity index (χ1) is 6.18. The zero-order valence-electron chi connectivity index (χ0n) is 6.81. The molecule has 0 aliphatic carbocycles. The van der Waals surface area contributed by atoms with Crippen LogP contribution in [-0.2, 0) is 7.05 Å². The Morgan fingerprint density at radius 3 is 2.77 bits per heavy atom. The molecule has 0 bridgehead atoms. The van der Waals surface area contributed by atoms with Crippen molar-refractivity contribution in [3.8, 4) is 5.69 Å². The van der Waals surface area contributed by atoms with Crippen molar-refractivity contribution in [1.29, 1.82) is 0 Å². The highest BCUT2D eigenvalue weighted by Gasteiger charge is 2.04. The van der Waals surface area contributed by atoms with Crippen molar-refractivity contribution >= 4 is 12.2 Å². The van der Waals surface area contributed by atoms with E-state index in [2.05, 4.69) is 15.3 Å². The summed E-state index contributed by atoms with van der Waals surface area (Å²) < 4.78 is 3.27. The van der Waals surface area contributed by atoms with Crippen molar-refractivity contribution in [3.63, 3.8) is 0 Å². The van der Waals surface area contributed by atoms with Crippen LogP contribution < -0.4 is 5.69 Å². The van der Waals surface area contributed by atoms with Crippen LogP contribution in [0.1, 0.15) is 0 Å². The fourth-order valence-electron chi connectivity index (χ4n) is 1.07. The first kappa shape index (κ1) is 7.99. The van der Waals surface area contributed by atoms with Gasteiger partial charge in [-0.2, -0.15) is 5.10 Å². The Kier molecular flexibility index (Phi) is 1.66. The van der Waals surface area contributed by atoms with E-state index in [9.17, 15) is 4.79 Å². The quantitative estimate of drug-likeness (QED) is 0.630. The van der Waals surface area contributed by atoms with Crippen LogP contribution in [-0.4, -0.2) is 24.5 Å². The van der Waals surface area contributed by atoms with E-state index in [1.807, 2.05) is 0 Å². The summed E-state index contributed by atoms with van der Waals surface area (Å²) in [7, 11) is 1.77. The van der Waals surface area contributed by atoms with Gasteiger partial charge < -0.3 is 0 Å². The van der Waals surface area contributed by atoms with Gasteiger partial charge in [0.2, 0.25) is 4.77 Å². The fourth-order valence-corrected chi connectivity index (χ4v) is 1.31. The van der Waals surface area contributed by atoms with Crippen LogP contribution in [0.3, 0.4) is 0 Å². The van der Waals surface area contributed by atoms with Gasteiger partial charge in [-0.25, -0.2) is 14.5 Å². The molecule has 0 spiro atoms. The van der Waals surface area contributed by atoms with Crippen LogP contribution in [0.2, 0.25) is 0 Å². The fraction of sp³-hybridized carbons (Fsp3) is 0.167. The van der Waals surface area contributed by atoms with E-state index in [0.29, 0.717) is 10.5 Å². The third-order valence-electron chi connectivity index (χ3n) is 1.63. The van der Waals surface area contributed by atoms with Crippen molar-refractivity contribution in [2.45, 2.75) is 0 Å². The second-order valence-electron chi connectivity index (χ2n) is 2.57. The van der Waals surface area contributed by atoms with E-state index < -0.39 is 0 Å². The molecule has 2 rings (SSSR count). The van der Waals surface area contributed by atoms with Crippen molar-refractivity contribution < 1.29 is 0 Å². The van der Waals surface area contributed by atoms with Crippen LogP contribution in [0, 0.1) is 4.77 Å². The molecule has 0 saturated heterocycles. The molecule has 2 heterocycles. The topological polar surface area (TPSA) is 71.4 Å². The van der Waals surface area contributed by atoms with Gasteiger partial charge in [0.1, 0.15) is 0 Å². The molecule has 7 heteroatoms. The molecule has 2 aromatic heterocycles. The summed E-state index contributed by atoms with van der Waals surface area (Å²) in [4.78, 5) is 11.2. The first-order valence-electron chi connectivity index (χ1n) is 3.57. The number of H-pyrrole nitrogens is 2. The normalized spacial score (nSPS) is 10.5. The summed E-state index contributed by atoms with van der Waals surface area (Å²) in [5, 5.41) is 8.87. The van der Waals surface area contributed by atoms with E-state index in [4.69, 9.17) is 12.2 Å². The third-order valence-corrected chi connectivity index (χ3v) is 1.92. The summed E-state index contributed by atoms with van der Waals surface area (Å²) >= 11 is 4.90. The molecule has 0 radical (unpaired) electrons. The summed E-state index contributed by atoms with van der Waals surface area (Å²) in [5.74, 6) is 0. The van der Waals surface area contributed by atoms with E-state index in [1.54, 1.807) is 24.1 Å². The number of rotatable bonds is 1. The molecule has 6 nitrogen and oxygen atoms in total. The van der Waals surface area contributed by atoms with Crippen molar-refractivity contribution in [2.24, 2.45) is 7.05 Å². The largest absolute Gasteiger partial charge is 0.347 e. The zero-order chi connectivity index (χ0) is 9.42. The van der Waals surface area contributed by atoms with E-state index >= 15 is 0 Å². The second-order valence-corrected chi connectivity index (χ2v) is 2.95. The Labute approximate surface area is 77.8 Å². The molecule has 0 fully saturated rings. The Bertz CT molecular complexity index is 502. The van der Waals surface area contributed by atoms with Gasteiger partial charge in [-0.05, 0) is 12.2 Å². The van der Waals surface area contributed by atoms with Crippen molar-refractivity contribution in [1.82, 2.24) is 24.5 Å². The van der Waals surface area contributed by atoms with Crippen LogP contribution in [0.4, 0.5) is 0 Å². The van der Waals surface area contributed by atoms with Gasteiger partial charge in [0, 0.05) is 13.2 Å². The minimum atomic E-state index is -0.294. The van der Waals surface area contributed by atoms with Gasteiger partial charge in [-0.3, -0.25) is 9.78 Å². The molecule has 0 aliphatic heterocycles. The van der Waals surface area contributed by atoms with Crippen LogP contribution in [0.25, 0.3) is 5.69 Å². The number of aryl methyl sites for hydroxylation is 1. The molecule has 0 aliphatic rings. The highest BCUT2D eigenvalue weighted by molar-refractivity contribution is 7.71. The molecule has 0 amide bonds. The molecule has 2 N–H and O–H groups in total. The third kappa shape index (κ3) is 1.22. The maximum atomic E-state index is 11.2. The van der Waals surface area contributed by atoms with Gasteiger partial charge in [0.25, 0.3) is 0 Å². The van der Waals surface area contributed by atoms with Crippen LogP contribution >= 0.6 is 12.2 Å². The zero-order valence-corrected chi connectivity index (χ0v) is 7.63. The lowest BCUT2D eigenvalue weighted by Crippen LogP contribution is -2.14. The monoisotopic (exact) mass is 197 g/mol. The molecule has 68 valence electrons. The van der Waals surface area contributed by atoms with E-state index in [-0.39, 0.29) is 5.69 Å². The number of aromatic amines is 2. The first-order valence-corrected chi connectivity index (χ1v) is 3.98. The average molecular weight is 197 g/mol. The maximum Gasteiger partial charge on any atom is 0.347 e. The Morgan fingerprint density at radius 2 is 2.31 bits per heavy atom. The minimum Gasteiger partial charge on any atom is -0.274 e. The molecule has 2 aromatic rings. The molecule has 0 aromatic carbocycles. The predicted octanol–water partition coefficient (Wildman–Crippen LogP) is -0.0433. The predicted molar refractivity (Wildman–Crippen MR) is 48.3 cm³/mol. The number of nitrogens with zero attached hydrogens (tertiary/aromatic N) is 3. The van der Waals surface area contributed by atoms with E-state index in [0.717, 1.165) is 0 Å². The van der Waals surface area contributed by atoms with Crippen LogP contribution in [0.5, 0.6) is 0 Å². The smallest absolute Gasteiger partial charge is 0.274 e. The molecular weight excluding hydrogens is 190 g/mol. The maximum absolute atomic E-state index is 11.2. The highest BCUT2D eigenvalue weighted by Crippen LogP contribution is 2.01. The highest BCUT2D eigenvalue weighted by atomic mass is 32.1. The van der Waals surface area contributed by atoms with Crippen LogP contribution in [0.15, 0.2) is 17.2 Å². The Morgan fingerprint density at radius 1 is 1.54 bits per heavy atom. The number of hydrogen-bond donors (Lipinski definition) is 2.